The first-order chi connectivity index (χ1) is 11.9. The first-order valence-electron chi connectivity index (χ1n) is 7.07. The maximum atomic E-state index is 13.4. The Balaban J connectivity index is 2.87. The maximum absolute atomic E-state index is 13.4. The fourth-order valence-corrected chi connectivity index (χ4v) is 2.64. The average molecular weight is 378 g/mol. The molecular weight excluding hydrogens is 366 g/mol. The summed E-state index contributed by atoms with van der Waals surface area (Å²) in [5.41, 5.74) is -7.02. The lowest BCUT2D eigenvalue weighted by Gasteiger charge is -2.31. The molecule has 26 heavy (non-hydrogen) atoms. The Morgan fingerprint density at radius 2 is 1.42 bits per heavy atom. The summed E-state index contributed by atoms with van der Waals surface area (Å²) in [5, 5.41) is 9.64. The van der Waals surface area contributed by atoms with Crippen LogP contribution in [0, 0.1) is 0 Å². The molecule has 0 saturated carbocycles. The topological polar surface area (TPSA) is 46.5 Å². The molecule has 0 aromatic heterocycles. The summed E-state index contributed by atoms with van der Waals surface area (Å²) in [7, 11) is 0.874. The summed E-state index contributed by atoms with van der Waals surface area (Å²) in [5.74, 6) is -1.79. The Labute approximate surface area is 143 Å². The molecule has 2 aromatic carbocycles. The normalized spacial score (nSPS) is 14.7. The van der Waals surface area contributed by atoms with Crippen molar-refractivity contribution in [3.8, 4) is 0 Å². The Bertz CT molecular complexity index is 798. The molecule has 0 aliphatic rings. The van der Waals surface area contributed by atoms with E-state index in [4.69, 9.17) is 4.74 Å². The van der Waals surface area contributed by atoms with Gasteiger partial charge in [-0.3, -0.25) is 0 Å². The average Bonchev–Trinajstić information content (AvgIpc) is 2.55. The van der Waals surface area contributed by atoms with Gasteiger partial charge < -0.3 is 9.84 Å². The molecule has 0 spiro atoms. The maximum Gasteiger partial charge on any atom is 0.416 e. The van der Waals surface area contributed by atoms with Crippen LogP contribution in [0.5, 0.6) is 0 Å². The summed E-state index contributed by atoms with van der Waals surface area (Å²) in [6.07, 6.45) is -10.3. The molecule has 0 aliphatic carbocycles. The lowest BCUT2D eigenvalue weighted by Crippen LogP contribution is -2.41. The van der Waals surface area contributed by atoms with Crippen molar-refractivity contribution in [3.05, 3.63) is 70.8 Å². The molecule has 1 N–H and O–H groups in total. The predicted molar refractivity (Wildman–Crippen MR) is 78.3 cm³/mol. The van der Waals surface area contributed by atoms with E-state index in [2.05, 4.69) is 0 Å². The van der Waals surface area contributed by atoms with E-state index in [0.29, 0.717) is 12.1 Å². The minimum Gasteiger partial charge on any atom is -0.479 e. The summed E-state index contributed by atoms with van der Waals surface area (Å²) in [6.45, 7) is 0. The Morgan fingerprint density at radius 1 is 0.846 bits per heavy atom. The second kappa shape index (κ2) is 6.64. The van der Waals surface area contributed by atoms with Crippen LogP contribution >= 0.6 is 0 Å². The summed E-state index contributed by atoms with van der Waals surface area (Å²) in [6, 6.07) is 7.45. The van der Waals surface area contributed by atoms with Crippen molar-refractivity contribution in [1.82, 2.24) is 0 Å². The van der Waals surface area contributed by atoms with Crippen LogP contribution in [0.1, 0.15) is 22.3 Å². The van der Waals surface area contributed by atoms with E-state index in [-0.39, 0.29) is 11.6 Å². The number of carboxylic acid groups (broad SMARTS) is 1. The molecule has 3 nitrogen and oxygen atoms in total. The number of benzene rings is 2. The Kier molecular flexibility index (Phi) is 5.05. The zero-order valence-corrected chi connectivity index (χ0v) is 13.2. The molecule has 0 bridgehead atoms. The molecule has 0 amide bonds. The Morgan fingerprint density at radius 3 is 1.85 bits per heavy atom. The van der Waals surface area contributed by atoms with Crippen LogP contribution < -0.4 is 0 Å². The number of carbonyl (C=O) groups is 1. The highest BCUT2D eigenvalue weighted by atomic mass is 19.4. The number of methoxy groups -OCH3 is 1. The number of ether oxygens (including phenoxy) is 1. The minimum atomic E-state index is -5.23. The molecule has 1 atom stereocenters. The van der Waals surface area contributed by atoms with Gasteiger partial charge in [0.2, 0.25) is 5.60 Å². The van der Waals surface area contributed by atoms with Gasteiger partial charge in [0.1, 0.15) is 0 Å². The molecule has 0 saturated heterocycles. The highest BCUT2D eigenvalue weighted by Gasteiger charge is 2.49. The summed E-state index contributed by atoms with van der Waals surface area (Å²) >= 11 is 0. The standard InChI is InChI=1S/C17H12F6O3/c1-26-15(14(24)25,10-5-3-2-4-6-10)12-8-7-11(16(18,19)20)9-13(12)17(21,22)23/h2-9H,1H3,(H,24,25). The first kappa shape index (κ1) is 19.8. The van der Waals surface area contributed by atoms with Gasteiger partial charge in [-0.15, -0.1) is 0 Å². The van der Waals surface area contributed by atoms with Crippen LogP contribution in [0.3, 0.4) is 0 Å². The van der Waals surface area contributed by atoms with Crippen molar-refractivity contribution in [1.29, 1.82) is 0 Å². The number of alkyl halides is 6. The third-order valence-electron chi connectivity index (χ3n) is 3.82. The SMILES string of the molecule is COC(C(=O)O)(c1ccccc1)c1ccc(C(F)(F)F)cc1C(F)(F)F. The van der Waals surface area contributed by atoms with Gasteiger partial charge in [-0.25, -0.2) is 4.79 Å². The molecule has 2 rings (SSSR count). The lowest BCUT2D eigenvalue weighted by molar-refractivity contribution is -0.161. The largest absolute Gasteiger partial charge is 0.479 e. The first-order valence-corrected chi connectivity index (χ1v) is 7.07. The zero-order chi connectivity index (χ0) is 19.8. The molecule has 2 aromatic rings. The zero-order valence-electron chi connectivity index (χ0n) is 13.2. The van der Waals surface area contributed by atoms with Gasteiger partial charge in [-0.1, -0.05) is 36.4 Å². The quantitative estimate of drug-likeness (QED) is 0.785. The van der Waals surface area contributed by atoms with Crippen molar-refractivity contribution in [2.75, 3.05) is 7.11 Å². The third kappa shape index (κ3) is 3.39. The van der Waals surface area contributed by atoms with Gasteiger partial charge in [0, 0.05) is 12.7 Å². The van der Waals surface area contributed by atoms with E-state index in [1.165, 1.54) is 30.3 Å². The van der Waals surface area contributed by atoms with Gasteiger partial charge >= 0.3 is 18.3 Å². The van der Waals surface area contributed by atoms with Crippen molar-refractivity contribution >= 4 is 5.97 Å². The number of hydrogen-bond acceptors (Lipinski definition) is 2. The minimum absolute atomic E-state index is 0.116. The number of halogens is 6. The molecule has 140 valence electrons. The van der Waals surface area contributed by atoms with Gasteiger partial charge in [0.25, 0.3) is 0 Å². The Hall–Kier alpha value is -2.55. The highest BCUT2D eigenvalue weighted by molar-refractivity contribution is 5.85. The predicted octanol–water partition coefficient (Wildman–Crippen LogP) is 4.70. The molecule has 0 aliphatic heterocycles. The smallest absolute Gasteiger partial charge is 0.416 e. The second-order valence-corrected chi connectivity index (χ2v) is 5.31. The molecule has 0 heterocycles. The van der Waals surface area contributed by atoms with Gasteiger partial charge in [0.05, 0.1) is 11.1 Å². The van der Waals surface area contributed by atoms with Crippen LogP contribution in [0.4, 0.5) is 26.3 Å². The molecule has 1 unspecified atom stereocenters. The number of hydrogen-bond donors (Lipinski definition) is 1. The molecular formula is C17H12F6O3. The van der Waals surface area contributed by atoms with Crippen molar-refractivity contribution in [2.45, 2.75) is 18.0 Å². The van der Waals surface area contributed by atoms with Crippen LogP contribution in [-0.4, -0.2) is 18.2 Å². The lowest BCUT2D eigenvalue weighted by atomic mass is 9.82. The van der Waals surface area contributed by atoms with Crippen molar-refractivity contribution in [3.63, 3.8) is 0 Å². The summed E-state index contributed by atoms with van der Waals surface area (Å²) < 4.78 is 83.8. The summed E-state index contributed by atoms with van der Waals surface area (Å²) in [4.78, 5) is 11.9. The van der Waals surface area contributed by atoms with Gasteiger partial charge in [0.15, 0.2) is 0 Å². The van der Waals surface area contributed by atoms with E-state index < -0.39 is 40.6 Å². The fourth-order valence-electron chi connectivity index (χ4n) is 2.64. The fraction of sp³-hybridized carbons (Fsp3) is 0.235. The third-order valence-corrected chi connectivity index (χ3v) is 3.82. The van der Waals surface area contributed by atoms with Crippen LogP contribution in [0.15, 0.2) is 48.5 Å². The van der Waals surface area contributed by atoms with Crippen LogP contribution in [-0.2, 0) is 27.5 Å². The van der Waals surface area contributed by atoms with E-state index in [1.54, 1.807) is 0 Å². The van der Waals surface area contributed by atoms with E-state index in [0.717, 1.165) is 7.11 Å². The molecule has 0 radical (unpaired) electrons. The van der Waals surface area contributed by atoms with E-state index in [1.807, 2.05) is 0 Å². The van der Waals surface area contributed by atoms with E-state index in [9.17, 15) is 36.2 Å². The van der Waals surface area contributed by atoms with Gasteiger partial charge in [-0.2, -0.15) is 26.3 Å². The van der Waals surface area contributed by atoms with Crippen molar-refractivity contribution in [2.24, 2.45) is 0 Å². The van der Waals surface area contributed by atoms with Crippen molar-refractivity contribution < 1.29 is 41.0 Å². The van der Waals surface area contributed by atoms with E-state index >= 15 is 0 Å². The van der Waals surface area contributed by atoms with Gasteiger partial charge in [-0.05, 0) is 17.7 Å². The number of aliphatic carboxylic acids is 1. The number of rotatable bonds is 4. The number of carboxylic acids is 1. The van der Waals surface area contributed by atoms with Crippen LogP contribution in [0.2, 0.25) is 0 Å². The molecule has 0 fully saturated rings. The monoisotopic (exact) mass is 378 g/mol. The second-order valence-electron chi connectivity index (χ2n) is 5.31. The van der Waals surface area contributed by atoms with Crippen LogP contribution in [0.25, 0.3) is 0 Å². The highest BCUT2D eigenvalue weighted by Crippen LogP contribution is 2.44. The molecule has 9 heteroatoms.